The van der Waals surface area contributed by atoms with Crippen LogP contribution in [0.2, 0.25) is 0 Å². The summed E-state index contributed by atoms with van der Waals surface area (Å²) in [5, 5.41) is 2.44. The average Bonchev–Trinajstić information content (AvgIpc) is 2.10. The molecule has 5 heteroatoms. The summed E-state index contributed by atoms with van der Waals surface area (Å²) in [6, 6.07) is 0. The number of carbonyl (C=O) groups is 2. The smallest absolute Gasteiger partial charge is 0.407 e. The van der Waals surface area contributed by atoms with Gasteiger partial charge in [-0.15, -0.1) is 0 Å². The molecule has 1 radical (unpaired) electrons. The van der Waals surface area contributed by atoms with E-state index in [2.05, 4.69) is 5.32 Å². The summed E-state index contributed by atoms with van der Waals surface area (Å²) >= 11 is 0. The van der Waals surface area contributed by atoms with Crippen molar-refractivity contribution in [3.63, 3.8) is 0 Å². The average molecular weight is 230 g/mol. The molecule has 0 aliphatic carbocycles. The quantitative estimate of drug-likeness (QED) is 0.579. The fraction of sp³-hybridized carbons (Fsp3) is 0.727. The molecular formula is C11H20NO4. The first-order valence-electron chi connectivity index (χ1n) is 5.32. The van der Waals surface area contributed by atoms with Crippen LogP contribution in [0.15, 0.2) is 0 Å². The second-order valence-corrected chi connectivity index (χ2v) is 4.19. The van der Waals surface area contributed by atoms with Crippen LogP contribution in [0, 0.1) is 6.54 Å². The molecule has 93 valence electrons. The van der Waals surface area contributed by atoms with E-state index >= 15 is 0 Å². The molecule has 0 atom stereocenters. The molecule has 0 aromatic heterocycles. The van der Waals surface area contributed by atoms with Crippen LogP contribution in [0.5, 0.6) is 0 Å². The number of amides is 1. The lowest BCUT2D eigenvalue weighted by atomic mass is 10.2. The van der Waals surface area contributed by atoms with Gasteiger partial charge in [0.15, 0.2) is 0 Å². The highest BCUT2D eigenvalue weighted by Gasteiger charge is 2.15. The predicted octanol–water partition coefficient (Wildman–Crippen LogP) is 2.02. The molecule has 0 bridgehead atoms. The summed E-state index contributed by atoms with van der Waals surface area (Å²) in [5.41, 5.74) is -0.515. The van der Waals surface area contributed by atoms with Crippen LogP contribution in [0.25, 0.3) is 0 Å². The Morgan fingerprint density at radius 1 is 1.31 bits per heavy atom. The lowest BCUT2D eigenvalue weighted by molar-refractivity contribution is -0.143. The Morgan fingerprint density at radius 2 is 1.94 bits per heavy atom. The van der Waals surface area contributed by atoms with Gasteiger partial charge in [-0.05, 0) is 34.1 Å². The van der Waals surface area contributed by atoms with E-state index in [9.17, 15) is 9.59 Å². The summed E-state index contributed by atoms with van der Waals surface area (Å²) in [5.74, 6) is -0.273. The number of hydrogen-bond acceptors (Lipinski definition) is 4. The second kappa shape index (κ2) is 7.09. The van der Waals surface area contributed by atoms with Crippen molar-refractivity contribution in [2.24, 2.45) is 0 Å². The minimum Gasteiger partial charge on any atom is -0.466 e. The minimum absolute atomic E-state index is 0.254. The van der Waals surface area contributed by atoms with Gasteiger partial charge in [0.25, 0.3) is 0 Å². The fourth-order valence-electron chi connectivity index (χ4n) is 0.886. The van der Waals surface area contributed by atoms with E-state index in [1.54, 1.807) is 27.7 Å². The van der Waals surface area contributed by atoms with Crippen LogP contribution in [0.4, 0.5) is 4.79 Å². The lowest BCUT2D eigenvalue weighted by Crippen LogP contribution is -2.31. The Labute approximate surface area is 96.5 Å². The van der Waals surface area contributed by atoms with Crippen LogP contribution < -0.4 is 5.32 Å². The summed E-state index contributed by atoms with van der Waals surface area (Å²) in [6.45, 7) is 8.96. The Hall–Kier alpha value is -1.26. The van der Waals surface area contributed by atoms with Gasteiger partial charge in [-0.1, -0.05) is 0 Å². The molecule has 0 rings (SSSR count). The van der Waals surface area contributed by atoms with Gasteiger partial charge in [-0.2, -0.15) is 0 Å². The summed E-state index contributed by atoms with van der Waals surface area (Å²) < 4.78 is 9.72. The summed E-state index contributed by atoms with van der Waals surface area (Å²) in [4.78, 5) is 22.1. The van der Waals surface area contributed by atoms with Crippen LogP contribution in [-0.2, 0) is 14.3 Å². The van der Waals surface area contributed by atoms with Gasteiger partial charge in [-0.25, -0.2) is 4.79 Å². The van der Waals surface area contributed by atoms with Crippen molar-refractivity contribution < 1.29 is 19.1 Å². The molecule has 5 nitrogen and oxygen atoms in total. The maximum atomic E-state index is 11.1. The van der Waals surface area contributed by atoms with E-state index in [0.717, 1.165) is 0 Å². The van der Waals surface area contributed by atoms with E-state index in [1.165, 1.54) is 6.54 Å². The van der Waals surface area contributed by atoms with E-state index in [1.807, 2.05) is 0 Å². The Morgan fingerprint density at radius 3 is 2.44 bits per heavy atom. The lowest BCUT2D eigenvalue weighted by Gasteiger charge is -2.19. The molecular weight excluding hydrogens is 210 g/mol. The number of carbonyl (C=O) groups excluding carboxylic acids is 2. The third-order valence-corrected chi connectivity index (χ3v) is 1.42. The molecule has 16 heavy (non-hydrogen) atoms. The highest BCUT2D eigenvalue weighted by atomic mass is 16.6. The van der Waals surface area contributed by atoms with Crippen LogP contribution in [-0.4, -0.2) is 24.3 Å². The van der Waals surface area contributed by atoms with Crippen LogP contribution >= 0.6 is 0 Å². The van der Waals surface area contributed by atoms with Gasteiger partial charge in [0.1, 0.15) is 5.60 Å². The molecule has 0 aromatic carbocycles. The first-order chi connectivity index (χ1) is 7.35. The minimum atomic E-state index is -0.517. The largest absolute Gasteiger partial charge is 0.466 e. The fourth-order valence-corrected chi connectivity index (χ4v) is 0.886. The van der Waals surface area contributed by atoms with Crippen LogP contribution in [0.1, 0.15) is 40.5 Å². The number of hydrogen-bond donors (Lipinski definition) is 1. The van der Waals surface area contributed by atoms with Crippen molar-refractivity contribution in [1.29, 1.82) is 0 Å². The third kappa shape index (κ3) is 9.30. The maximum Gasteiger partial charge on any atom is 0.407 e. The number of ether oxygens (including phenoxy) is 2. The van der Waals surface area contributed by atoms with E-state index in [4.69, 9.17) is 9.47 Å². The molecule has 0 aliphatic heterocycles. The third-order valence-electron chi connectivity index (χ3n) is 1.42. The van der Waals surface area contributed by atoms with Gasteiger partial charge >= 0.3 is 12.1 Å². The van der Waals surface area contributed by atoms with Crippen molar-refractivity contribution in [2.45, 2.75) is 46.1 Å². The molecule has 1 amide bonds. The molecule has 0 heterocycles. The molecule has 0 unspecified atom stereocenters. The molecule has 0 aliphatic rings. The van der Waals surface area contributed by atoms with Gasteiger partial charge in [0.05, 0.1) is 13.2 Å². The van der Waals surface area contributed by atoms with Crippen LogP contribution in [0.3, 0.4) is 0 Å². The normalized spacial score (nSPS) is 10.8. The zero-order chi connectivity index (χ0) is 12.6. The van der Waals surface area contributed by atoms with Gasteiger partial charge in [0.2, 0.25) is 0 Å². The molecule has 1 N–H and O–H groups in total. The van der Waals surface area contributed by atoms with E-state index < -0.39 is 11.7 Å². The second-order valence-electron chi connectivity index (χ2n) is 4.19. The number of esters is 1. The number of nitrogens with one attached hydrogen (secondary N) is 1. The Kier molecular flexibility index (Phi) is 6.53. The van der Waals surface area contributed by atoms with Gasteiger partial charge in [-0.3, -0.25) is 4.79 Å². The van der Waals surface area contributed by atoms with Crippen molar-refractivity contribution in [3.8, 4) is 0 Å². The number of rotatable bonds is 5. The highest BCUT2D eigenvalue weighted by Crippen LogP contribution is 2.06. The molecule has 0 aromatic rings. The maximum absolute atomic E-state index is 11.1. The van der Waals surface area contributed by atoms with Crippen molar-refractivity contribution >= 4 is 12.1 Å². The highest BCUT2D eigenvalue weighted by molar-refractivity contribution is 5.70. The van der Waals surface area contributed by atoms with E-state index in [-0.39, 0.29) is 12.4 Å². The Bertz CT molecular complexity index is 233. The van der Waals surface area contributed by atoms with Crippen molar-refractivity contribution in [2.75, 3.05) is 6.61 Å². The first-order valence-corrected chi connectivity index (χ1v) is 5.32. The molecule has 0 fully saturated rings. The standard InChI is InChI=1S/C11H20NO4/c1-5-15-9(13)7-6-8-12-10(14)16-11(2,3)4/h8H,5-7H2,1-4H3,(H,12,14). The molecule has 0 saturated carbocycles. The molecule has 0 spiro atoms. The zero-order valence-electron chi connectivity index (χ0n) is 10.3. The Balaban J connectivity index is 3.52. The SMILES string of the molecule is CCOC(=O)CC[CH]NC(=O)OC(C)(C)C. The number of alkyl carbamates (subject to hydrolysis) is 1. The van der Waals surface area contributed by atoms with E-state index in [0.29, 0.717) is 13.0 Å². The van der Waals surface area contributed by atoms with Gasteiger partial charge < -0.3 is 14.8 Å². The van der Waals surface area contributed by atoms with Crippen molar-refractivity contribution in [3.05, 3.63) is 6.54 Å². The zero-order valence-corrected chi connectivity index (χ0v) is 10.3. The predicted molar refractivity (Wildman–Crippen MR) is 59.5 cm³/mol. The topological polar surface area (TPSA) is 64.6 Å². The first kappa shape index (κ1) is 14.7. The van der Waals surface area contributed by atoms with Crippen molar-refractivity contribution in [1.82, 2.24) is 5.32 Å². The monoisotopic (exact) mass is 230 g/mol. The van der Waals surface area contributed by atoms with Gasteiger partial charge in [0, 0.05) is 6.42 Å². The summed E-state index contributed by atoms with van der Waals surface area (Å²) in [6.07, 6.45) is 0.165. The molecule has 0 saturated heterocycles. The summed E-state index contributed by atoms with van der Waals surface area (Å²) in [7, 11) is 0.